The Hall–Kier alpha value is -2.81. The number of benzene rings is 1. The molecule has 0 aliphatic heterocycles. The van der Waals surface area contributed by atoms with Gasteiger partial charge in [-0.3, -0.25) is 0 Å². The van der Waals surface area contributed by atoms with Gasteiger partial charge in [0, 0.05) is 6.20 Å². The van der Waals surface area contributed by atoms with Crippen LogP contribution in [0.5, 0.6) is 5.75 Å². The summed E-state index contributed by atoms with van der Waals surface area (Å²) in [6.45, 7) is 14.3. The quantitative estimate of drug-likeness (QED) is 0.527. The van der Waals surface area contributed by atoms with Crippen molar-refractivity contribution < 1.29 is 14.3 Å². The van der Waals surface area contributed by atoms with E-state index in [-0.39, 0.29) is 0 Å². The van der Waals surface area contributed by atoms with Crippen molar-refractivity contribution in [2.75, 3.05) is 13.2 Å². The molecule has 0 amide bonds. The van der Waals surface area contributed by atoms with Crippen LogP contribution in [0.3, 0.4) is 0 Å². The predicted octanol–water partition coefficient (Wildman–Crippen LogP) is 4.41. The summed E-state index contributed by atoms with van der Waals surface area (Å²) in [6, 6.07) is 5.30. The Bertz CT molecular complexity index is 758. The molecule has 1 aromatic carbocycles. The van der Waals surface area contributed by atoms with Crippen LogP contribution in [0, 0.1) is 12.5 Å². The van der Waals surface area contributed by atoms with Gasteiger partial charge in [-0.25, -0.2) is 14.3 Å². The molecule has 0 bridgehead atoms. The van der Waals surface area contributed by atoms with Crippen LogP contribution in [-0.2, 0) is 4.74 Å². The first-order valence-corrected chi connectivity index (χ1v) is 8.49. The average Bonchev–Trinajstić information content (AvgIpc) is 3.13. The Balaban J connectivity index is 2.18. The molecule has 6 nitrogen and oxygen atoms in total. The Morgan fingerprint density at radius 1 is 1.32 bits per heavy atom. The zero-order chi connectivity index (χ0) is 18.2. The minimum Gasteiger partial charge on any atom is -0.504 e. The third-order valence-electron chi connectivity index (χ3n) is 4.05. The third-order valence-corrected chi connectivity index (χ3v) is 4.05. The second-order valence-electron chi connectivity index (χ2n) is 5.65. The van der Waals surface area contributed by atoms with Crippen LogP contribution >= 0.6 is 0 Å². The molecule has 2 aromatic rings. The maximum Gasteiger partial charge on any atom is 0.341 e. The van der Waals surface area contributed by atoms with Gasteiger partial charge in [0.1, 0.15) is 5.75 Å². The lowest BCUT2D eigenvalue weighted by atomic mass is 10.1. The van der Waals surface area contributed by atoms with Crippen molar-refractivity contribution in [3.05, 3.63) is 47.6 Å². The predicted molar refractivity (Wildman–Crippen MR) is 95.3 cm³/mol. The first kappa shape index (κ1) is 18.5. The normalized spacial score (nSPS) is 10.5. The molecule has 25 heavy (non-hydrogen) atoms. The fourth-order valence-corrected chi connectivity index (χ4v) is 2.37. The van der Waals surface area contributed by atoms with Crippen LogP contribution in [0.1, 0.15) is 44.0 Å². The van der Waals surface area contributed by atoms with E-state index in [0.717, 1.165) is 12.8 Å². The summed E-state index contributed by atoms with van der Waals surface area (Å²) in [5, 5.41) is 4.17. The molecule has 0 radical (unpaired) electrons. The van der Waals surface area contributed by atoms with E-state index < -0.39 is 5.97 Å². The first-order chi connectivity index (χ1) is 12.1. The number of ether oxygens (including phenoxy) is 2. The zero-order valence-corrected chi connectivity index (χ0v) is 14.9. The van der Waals surface area contributed by atoms with Gasteiger partial charge in [-0.2, -0.15) is 5.10 Å². The standard InChI is InChI=1S/C19H23N3O3/c1-5-14(6-2)13-25-18-9-8-16(10-17(18)20-4)22-12-15(11-21-22)19(23)24-7-3/h8-12,14H,5-7,13H2,1-3H3. The molecule has 0 N–H and O–H groups in total. The number of esters is 1. The largest absolute Gasteiger partial charge is 0.504 e. The Kier molecular flexibility index (Phi) is 6.58. The summed E-state index contributed by atoms with van der Waals surface area (Å²) in [5.74, 6) is 0.643. The molecule has 0 aliphatic carbocycles. The molecule has 0 spiro atoms. The Morgan fingerprint density at radius 2 is 2.08 bits per heavy atom. The van der Waals surface area contributed by atoms with Gasteiger partial charge in [-0.05, 0) is 31.0 Å². The summed E-state index contributed by atoms with van der Waals surface area (Å²) >= 11 is 0. The highest BCUT2D eigenvalue weighted by Gasteiger charge is 2.13. The van der Waals surface area contributed by atoms with Gasteiger partial charge < -0.3 is 9.47 Å². The lowest BCUT2D eigenvalue weighted by molar-refractivity contribution is 0.0526. The summed E-state index contributed by atoms with van der Waals surface area (Å²) < 4.78 is 12.3. The van der Waals surface area contributed by atoms with Gasteiger partial charge in [0.25, 0.3) is 0 Å². The minimum atomic E-state index is -0.413. The fraction of sp³-hybridized carbons (Fsp3) is 0.421. The van der Waals surface area contributed by atoms with E-state index in [2.05, 4.69) is 23.8 Å². The topological polar surface area (TPSA) is 57.7 Å². The van der Waals surface area contributed by atoms with Crippen LogP contribution in [-0.4, -0.2) is 29.0 Å². The molecule has 0 fully saturated rings. The number of hydrogen-bond donors (Lipinski definition) is 0. The summed E-state index contributed by atoms with van der Waals surface area (Å²) in [5.41, 5.74) is 1.49. The Morgan fingerprint density at radius 3 is 2.72 bits per heavy atom. The number of hydrogen-bond acceptors (Lipinski definition) is 4. The molecular weight excluding hydrogens is 318 g/mol. The number of nitrogens with zero attached hydrogens (tertiary/aromatic N) is 3. The molecule has 0 atom stereocenters. The molecular formula is C19H23N3O3. The molecule has 132 valence electrons. The van der Waals surface area contributed by atoms with Crippen molar-refractivity contribution in [3.63, 3.8) is 0 Å². The first-order valence-electron chi connectivity index (χ1n) is 8.49. The number of rotatable bonds is 8. The van der Waals surface area contributed by atoms with Crippen LogP contribution < -0.4 is 4.74 Å². The minimum absolute atomic E-state index is 0.314. The highest BCUT2D eigenvalue weighted by molar-refractivity contribution is 5.88. The van der Waals surface area contributed by atoms with Crippen molar-refractivity contribution in [1.29, 1.82) is 0 Å². The van der Waals surface area contributed by atoms with Gasteiger partial charge in [0.15, 0.2) is 0 Å². The molecule has 1 aromatic heterocycles. The molecule has 0 saturated carbocycles. The lowest BCUT2D eigenvalue weighted by Crippen LogP contribution is -2.10. The Labute approximate surface area is 148 Å². The molecule has 1 heterocycles. The maximum absolute atomic E-state index is 11.7. The number of carbonyl (C=O) groups excluding carboxylic acids is 1. The van der Waals surface area contributed by atoms with Crippen molar-refractivity contribution in [2.45, 2.75) is 33.6 Å². The van der Waals surface area contributed by atoms with Crippen LogP contribution in [0.4, 0.5) is 5.69 Å². The molecule has 0 unspecified atom stereocenters. The van der Waals surface area contributed by atoms with E-state index in [1.54, 1.807) is 29.9 Å². The molecule has 2 rings (SSSR count). The van der Waals surface area contributed by atoms with Crippen LogP contribution in [0.25, 0.3) is 10.5 Å². The van der Waals surface area contributed by atoms with E-state index in [4.69, 9.17) is 16.0 Å². The summed E-state index contributed by atoms with van der Waals surface area (Å²) in [4.78, 5) is 15.3. The SMILES string of the molecule is [C-]#[N+]c1cc(-n2cc(C(=O)OCC)cn2)ccc1OCC(CC)CC. The molecule has 0 saturated heterocycles. The van der Waals surface area contributed by atoms with E-state index in [0.29, 0.717) is 41.8 Å². The van der Waals surface area contributed by atoms with Gasteiger partial charge in [0.05, 0.1) is 37.2 Å². The zero-order valence-electron chi connectivity index (χ0n) is 14.9. The van der Waals surface area contributed by atoms with Gasteiger partial charge in [0.2, 0.25) is 5.69 Å². The third kappa shape index (κ3) is 4.60. The smallest absolute Gasteiger partial charge is 0.341 e. The average molecular weight is 341 g/mol. The van der Waals surface area contributed by atoms with Crippen molar-refractivity contribution in [3.8, 4) is 11.4 Å². The molecule has 6 heteroatoms. The molecule has 0 aliphatic rings. The summed E-state index contributed by atoms with van der Waals surface area (Å²) in [6.07, 6.45) is 5.14. The monoisotopic (exact) mass is 341 g/mol. The summed E-state index contributed by atoms with van der Waals surface area (Å²) in [7, 11) is 0. The highest BCUT2D eigenvalue weighted by Crippen LogP contribution is 2.30. The van der Waals surface area contributed by atoms with Gasteiger partial charge in [-0.15, -0.1) is 0 Å². The number of aromatic nitrogens is 2. The van der Waals surface area contributed by atoms with Crippen molar-refractivity contribution in [2.24, 2.45) is 5.92 Å². The van der Waals surface area contributed by atoms with E-state index in [9.17, 15) is 4.79 Å². The van der Waals surface area contributed by atoms with Gasteiger partial charge in [-0.1, -0.05) is 26.7 Å². The second-order valence-corrected chi connectivity index (χ2v) is 5.65. The maximum atomic E-state index is 11.7. The van der Waals surface area contributed by atoms with Crippen molar-refractivity contribution >= 4 is 11.7 Å². The van der Waals surface area contributed by atoms with Gasteiger partial charge >= 0.3 is 5.97 Å². The van der Waals surface area contributed by atoms with Crippen molar-refractivity contribution in [1.82, 2.24) is 9.78 Å². The van der Waals surface area contributed by atoms with E-state index in [1.165, 1.54) is 6.20 Å². The van der Waals surface area contributed by atoms with Crippen LogP contribution in [0.2, 0.25) is 0 Å². The lowest BCUT2D eigenvalue weighted by Gasteiger charge is -2.15. The number of carbonyl (C=O) groups is 1. The second kappa shape index (κ2) is 8.88. The highest BCUT2D eigenvalue weighted by atomic mass is 16.5. The van der Waals surface area contributed by atoms with Crippen LogP contribution in [0.15, 0.2) is 30.6 Å². The van der Waals surface area contributed by atoms with E-state index >= 15 is 0 Å². The van der Waals surface area contributed by atoms with E-state index in [1.807, 2.05) is 6.07 Å². The fourth-order valence-electron chi connectivity index (χ4n) is 2.37.